The van der Waals surface area contributed by atoms with E-state index in [1.165, 1.54) is 12.8 Å². The zero-order valence-corrected chi connectivity index (χ0v) is 11.5. The second-order valence-corrected chi connectivity index (χ2v) is 6.70. The van der Waals surface area contributed by atoms with E-state index >= 15 is 0 Å². The van der Waals surface area contributed by atoms with Gasteiger partial charge >= 0.3 is 5.97 Å². The molecular weight excluding hydrogens is 256 g/mol. The first-order valence-corrected chi connectivity index (χ1v) is 6.64. The summed E-state index contributed by atoms with van der Waals surface area (Å²) in [5, 5.41) is 0. The molecule has 1 rings (SSSR count). The maximum absolute atomic E-state index is 11.6. The lowest BCUT2D eigenvalue weighted by molar-refractivity contribution is -0.156. The molecule has 1 saturated carbocycles. The van der Waals surface area contributed by atoms with Gasteiger partial charge in [-0.3, -0.25) is 4.79 Å². The molecular formula is C12H21BrO2. The van der Waals surface area contributed by atoms with Crippen LogP contribution in [0.15, 0.2) is 0 Å². The third-order valence-corrected chi connectivity index (χ3v) is 3.57. The van der Waals surface area contributed by atoms with Crippen LogP contribution in [0.1, 0.15) is 52.9 Å². The Balaban J connectivity index is 2.27. The van der Waals surface area contributed by atoms with Crippen LogP contribution >= 0.6 is 15.9 Å². The molecule has 0 bridgehead atoms. The smallest absolute Gasteiger partial charge is 0.306 e. The molecule has 3 heteroatoms. The van der Waals surface area contributed by atoms with Crippen molar-refractivity contribution in [2.75, 3.05) is 0 Å². The average Bonchev–Trinajstić information content (AvgIpc) is 2.05. The molecule has 15 heavy (non-hydrogen) atoms. The first kappa shape index (κ1) is 13.0. The number of hydrogen-bond acceptors (Lipinski definition) is 2. The molecule has 0 amide bonds. The van der Waals surface area contributed by atoms with Crippen LogP contribution in [-0.4, -0.2) is 16.4 Å². The van der Waals surface area contributed by atoms with Gasteiger partial charge < -0.3 is 4.74 Å². The fraction of sp³-hybridized carbons (Fsp3) is 0.917. The number of hydrogen-bond donors (Lipinski definition) is 0. The lowest BCUT2D eigenvalue weighted by atomic mass is 9.87. The SMILES string of the molecule is CC(C)(C)OC(=O)CC1CCC(Br)CC1. The van der Waals surface area contributed by atoms with Crippen LogP contribution in [-0.2, 0) is 9.53 Å². The quantitative estimate of drug-likeness (QED) is 0.568. The third-order valence-electron chi connectivity index (χ3n) is 2.65. The Morgan fingerprint density at radius 1 is 1.27 bits per heavy atom. The van der Waals surface area contributed by atoms with Crippen molar-refractivity contribution < 1.29 is 9.53 Å². The molecule has 0 N–H and O–H groups in total. The molecule has 2 nitrogen and oxygen atoms in total. The summed E-state index contributed by atoms with van der Waals surface area (Å²) in [7, 11) is 0. The highest BCUT2D eigenvalue weighted by Crippen LogP contribution is 2.31. The number of carbonyl (C=O) groups is 1. The molecule has 0 heterocycles. The summed E-state index contributed by atoms with van der Waals surface area (Å²) in [4.78, 5) is 12.2. The minimum atomic E-state index is -0.344. The van der Waals surface area contributed by atoms with E-state index in [-0.39, 0.29) is 11.6 Å². The molecule has 0 radical (unpaired) electrons. The van der Waals surface area contributed by atoms with E-state index in [0.717, 1.165) is 12.8 Å². The monoisotopic (exact) mass is 276 g/mol. The number of esters is 1. The van der Waals surface area contributed by atoms with Crippen LogP contribution in [0.4, 0.5) is 0 Å². The van der Waals surface area contributed by atoms with Crippen molar-refractivity contribution in [3.05, 3.63) is 0 Å². The van der Waals surface area contributed by atoms with Crippen LogP contribution < -0.4 is 0 Å². The van der Waals surface area contributed by atoms with E-state index in [2.05, 4.69) is 15.9 Å². The molecule has 0 aromatic rings. The third kappa shape index (κ3) is 5.55. The summed E-state index contributed by atoms with van der Waals surface area (Å²) in [6, 6.07) is 0. The van der Waals surface area contributed by atoms with Crippen molar-refractivity contribution in [3.8, 4) is 0 Å². The van der Waals surface area contributed by atoms with Crippen LogP contribution in [0.3, 0.4) is 0 Å². The number of alkyl halides is 1. The van der Waals surface area contributed by atoms with Crippen LogP contribution in [0.25, 0.3) is 0 Å². The van der Waals surface area contributed by atoms with Gasteiger partial charge in [0.1, 0.15) is 5.60 Å². The zero-order valence-electron chi connectivity index (χ0n) is 9.88. The van der Waals surface area contributed by atoms with E-state index in [1.807, 2.05) is 20.8 Å². The average molecular weight is 277 g/mol. The van der Waals surface area contributed by atoms with Gasteiger partial charge in [0.15, 0.2) is 0 Å². The second kappa shape index (κ2) is 5.33. The van der Waals surface area contributed by atoms with E-state index in [1.54, 1.807) is 0 Å². The fourth-order valence-electron chi connectivity index (χ4n) is 1.94. The number of rotatable bonds is 2. The lowest BCUT2D eigenvalue weighted by Gasteiger charge is -2.26. The summed E-state index contributed by atoms with van der Waals surface area (Å²) < 4.78 is 5.32. The Morgan fingerprint density at radius 3 is 2.27 bits per heavy atom. The predicted molar refractivity (Wildman–Crippen MR) is 65.1 cm³/mol. The molecule has 0 unspecified atom stereocenters. The summed E-state index contributed by atoms with van der Waals surface area (Å²) in [6.07, 6.45) is 5.27. The van der Waals surface area contributed by atoms with Crippen LogP contribution in [0.2, 0.25) is 0 Å². The highest BCUT2D eigenvalue weighted by atomic mass is 79.9. The minimum Gasteiger partial charge on any atom is -0.460 e. The Morgan fingerprint density at radius 2 is 1.80 bits per heavy atom. The predicted octanol–water partition coefficient (Wildman–Crippen LogP) is 3.67. The van der Waals surface area contributed by atoms with Gasteiger partial charge in [-0.1, -0.05) is 15.9 Å². The van der Waals surface area contributed by atoms with Crippen LogP contribution in [0, 0.1) is 5.92 Å². The maximum Gasteiger partial charge on any atom is 0.306 e. The normalized spacial score (nSPS) is 27.5. The molecule has 0 spiro atoms. The highest BCUT2D eigenvalue weighted by Gasteiger charge is 2.24. The molecule has 0 aliphatic heterocycles. The summed E-state index contributed by atoms with van der Waals surface area (Å²) in [5.41, 5.74) is -0.344. The second-order valence-electron chi connectivity index (χ2n) is 5.41. The number of carbonyl (C=O) groups excluding carboxylic acids is 1. The standard InChI is InChI=1S/C12H21BrO2/c1-12(2,3)15-11(14)8-9-4-6-10(13)7-5-9/h9-10H,4-8H2,1-3H3. The van der Waals surface area contributed by atoms with Gasteiger partial charge in [-0.15, -0.1) is 0 Å². The van der Waals surface area contributed by atoms with Crippen molar-refractivity contribution in [3.63, 3.8) is 0 Å². The molecule has 1 aliphatic rings. The first-order chi connectivity index (χ1) is 6.87. The van der Waals surface area contributed by atoms with Crippen molar-refractivity contribution in [1.29, 1.82) is 0 Å². The van der Waals surface area contributed by atoms with Gasteiger partial charge in [0.25, 0.3) is 0 Å². The van der Waals surface area contributed by atoms with Crippen molar-refractivity contribution in [2.24, 2.45) is 5.92 Å². The Bertz CT molecular complexity index is 212. The fourth-order valence-corrected chi connectivity index (χ4v) is 2.47. The van der Waals surface area contributed by atoms with E-state index in [4.69, 9.17) is 4.74 Å². The minimum absolute atomic E-state index is 0.0412. The first-order valence-electron chi connectivity index (χ1n) is 5.73. The Labute approximate surface area is 101 Å². The molecule has 0 aromatic heterocycles. The summed E-state index contributed by atoms with van der Waals surface area (Å²) >= 11 is 3.61. The van der Waals surface area contributed by atoms with Gasteiger partial charge in [0, 0.05) is 11.2 Å². The van der Waals surface area contributed by atoms with E-state index in [0.29, 0.717) is 17.2 Å². The van der Waals surface area contributed by atoms with Gasteiger partial charge in [-0.2, -0.15) is 0 Å². The van der Waals surface area contributed by atoms with Gasteiger partial charge in [0.2, 0.25) is 0 Å². The molecule has 0 saturated heterocycles. The number of ether oxygens (including phenoxy) is 1. The number of halogens is 1. The zero-order chi connectivity index (χ0) is 11.5. The Hall–Kier alpha value is -0.0500. The molecule has 1 fully saturated rings. The van der Waals surface area contributed by atoms with Crippen molar-refractivity contribution >= 4 is 21.9 Å². The lowest BCUT2D eigenvalue weighted by Crippen LogP contribution is -2.26. The van der Waals surface area contributed by atoms with Gasteiger partial charge in [0.05, 0.1) is 0 Å². The summed E-state index contributed by atoms with van der Waals surface area (Å²) in [5.74, 6) is 0.495. The largest absolute Gasteiger partial charge is 0.460 e. The van der Waals surface area contributed by atoms with Gasteiger partial charge in [-0.25, -0.2) is 0 Å². The molecule has 0 aromatic carbocycles. The van der Waals surface area contributed by atoms with Crippen molar-refractivity contribution in [1.82, 2.24) is 0 Å². The van der Waals surface area contributed by atoms with E-state index < -0.39 is 0 Å². The molecule has 0 atom stereocenters. The van der Waals surface area contributed by atoms with Crippen molar-refractivity contribution in [2.45, 2.75) is 63.3 Å². The van der Waals surface area contributed by atoms with Crippen LogP contribution in [0.5, 0.6) is 0 Å². The van der Waals surface area contributed by atoms with Gasteiger partial charge in [-0.05, 0) is 52.4 Å². The molecule has 88 valence electrons. The highest BCUT2D eigenvalue weighted by molar-refractivity contribution is 9.09. The Kier molecular flexibility index (Phi) is 4.63. The topological polar surface area (TPSA) is 26.3 Å². The maximum atomic E-state index is 11.6. The molecule has 1 aliphatic carbocycles. The van der Waals surface area contributed by atoms with E-state index in [9.17, 15) is 4.79 Å². The summed E-state index contributed by atoms with van der Waals surface area (Å²) in [6.45, 7) is 5.75.